The highest BCUT2D eigenvalue weighted by atomic mass is 15.2. The predicted octanol–water partition coefficient (Wildman–Crippen LogP) is 3.26. The lowest BCUT2D eigenvalue weighted by atomic mass is 9.83. The maximum absolute atomic E-state index is 6.21. The van der Waals surface area contributed by atoms with Gasteiger partial charge in [0.15, 0.2) is 0 Å². The normalized spacial score (nSPS) is 34.2. The van der Waals surface area contributed by atoms with Crippen LogP contribution in [-0.4, -0.2) is 29.6 Å². The molecule has 1 aliphatic carbocycles. The van der Waals surface area contributed by atoms with Crippen molar-refractivity contribution in [1.82, 2.24) is 4.90 Å². The van der Waals surface area contributed by atoms with Crippen LogP contribution in [0.2, 0.25) is 0 Å². The molecule has 0 spiro atoms. The molecule has 0 bridgehead atoms. The fourth-order valence-electron chi connectivity index (χ4n) is 4.16. The summed E-state index contributed by atoms with van der Waals surface area (Å²) in [6.07, 6.45) is 3.76. The van der Waals surface area contributed by atoms with Crippen LogP contribution in [0.5, 0.6) is 0 Å². The third-order valence-electron chi connectivity index (χ3n) is 4.95. The van der Waals surface area contributed by atoms with Crippen LogP contribution in [0.1, 0.15) is 60.8 Å². The van der Waals surface area contributed by atoms with Gasteiger partial charge >= 0.3 is 0 Å². The first-order valence-corrected chi connectivity index (χ1v) is 7.29. The first-order chi connectivity index (χ1) is 7.83. The van der Waals surface area contributed by atoms with E-state index >= 15 is 0 Å². The lowest BCUT2D eigenvalue weighted by molar-refractivity contribution is 0.0282. The molecule has 1 fully saturated rings. The van der Waals surface area contributed by atoms with Gasteiger partial charge in [0.1, 0.15) is 0 Å². The molecule has 1 saturated carbocycles. The Bertz CT molecular complexity index is 249. The Morgan fingerprint density at radius 2 is 1.94 bits per heavy atom. The summed E-state index contributed by atoms with van der Waals surface area (Å²) in [4.78, 5) is 2.67. The fourth-order valence-corrected chi connectivity index (χ4v) is 4.16. The van der Waals surface area contributed by atoms with E-state index in [0.29, 0.717) is 17.4 Å². The van der Waals surface area contributed by atoms with Crippen LogP contribution < -0.4 is 5.73 Å². The van der Waals surface area contributed by atoms with Gasteiger partial charge in [0.25, 0.3) is 0 Å². The average Bonchev–Trinajstić information content (AvgIpc) is 2.50. The van der Waals surface area contributed by atoms with E-state index in [1.165, 1.54) is 19.3 Å². The van der Waals surface area contributed by atoms with E-state index in [-0.39, 0.29) is 5.54 Å². The number of nitrogens with zero attached hydrogens (tertiary/aromatic N) is 1. The van der Waals surface area contributed by atoms with Crippen molar-refractivity contribution in [3.8, 4) is 0 Å². The highest BCUT2D eigenvalue weighted by molar-refractivity contribution is 5.06. The summed E-state index contributed by atoms with van der Waals surface area (Å²) in [5, 5.41) is 0. The SMILES string of the molecule is CCC(C)N(CC)C1(CN)CC(C)(C)CC1C. The molecule has 2 heteroatoms. The summed E-state index contributed by atoms with van der Waals surface area (Å²) < 4.78 is 0. The highest BCUT2D eigenvalue weighted by Gasteiger charge is 2.51. The van der Waals surface area contributed by atoms with Gasteiger partial charge in [-0.25, -0.2) is 0 Å². The van der Waals surface area contributed by atoms with E-state index in [1.54, 1.807) is 0 Å². The minimum Gasteiger partial charge on any atom is -0.329 e. The molecule has 0 saturated heterocycles. The van der Waals surface area contributed by atoms with Gasteiger partial charge in [0.2, 0.25) is 0 Å². The van der Waals surface area contributed by atoms with Gasteiger partial charge in [-0.2, -0.15) is 0 Å². The van der Waals surface area contributed by atoms with Gasteiger partial charge < -0.3 is 5.73 Å². The van der Waals surface area contributed by atoms with Crippen molar-refractivity contribution in [2.75, 3.05) is 13.1 Å². The monoisotopic (exact) mass is 240 g/mol. The average molecular weight is 240 g/mol. The van der Waals surface area contributed by atoms with Crippen LogP contribution >= 0.6 is 0 Å². The summed E-state index contributed by atoms with van der Waals surface area (Å²) in [5.41, 5.74) is 6.88. The van der Waals surface area contributed by atoms with Gasteiger partial charge in [0.05, 0.1) is 0 Å². The minimum absolute atomic E-state index is 0.230. The molecule has 0 heterocycles. The second kappa shape index (κ2) is 5.27. The smallest absolute Gasteiger partial charge is 0.0365 e. The molecule has 0 aromatic carbocycles. The summed E-state index contributed by atoms with van der Waals surface area (Å²) in [5.74, 6) is 0.705. The molecule has 0 aromatic rings. The molecular weight excluding hydrogens is 208 g/mol. The third kappa shape index (κ3) is 2.68. The van der Waals surface area contributed by atoms with Crippen LogP contribution in [0.4, 0.5) is 0 Å². The Balaban J connectivity index is 3.02. The van der Waals surface area contributed by atoms with Gasteiger partial charge in [-0.1, -0.05) is 34.6 Å². The number of rotatable bonds is 5. The number of hydrogen-bond acceptors (Lipinski definition) is 2. The van der Waals surface area contributed by atoms with Crippen molar-refractivity contribution < 1.29 is 0 Å². The Hall–Kier alpha value is -0.0800. The third-order valence-corrected chi connectivity index (χ3v) is 4.95. The largest absolute Gasteiger partial charge is 0.329 e. The van der Waals surface area contributed by atoms with E-state index < -0.39 is 0 Å². The topological polar surface area (TPSA) is 29.3 Å². The zero-order valence-corrected chi connectivity index (χ0v) is 12.7. The Morgan fingerprint density at radius 3 is 2.24 bits per heavy atom. The van der Waals surface area contributed by atoms with Crippen molar-refractivity contribution in [2.24, 2.45) is 17.1 Å². The van der Waals surface area contributed by atoms with E-state index in [1.807, 2.05) is 0 Å². The number of nitrogens with two attached hydrogens (primary N) is 1. The number of likely N-dealkylation sites (N-methyl/N-ethyl adjacent to an activating group) is 1. The molecular formula is C15H32N2. The first kappa shape index (κ1) is 15.0. The summed E-state index contributed by atoms with van der Waals surface area (Å²) in [7, 11) is 0. The second-order valence-corrected chi connectivity index (χ2v) is 6.80. The van der Waals surface area contributed by atoms with Crippen LogP contribution in [0.15, 0.2) is 0 Å². The quantitative estimate of drug-likeness (QED) is 0.799. The minimum atomic E-state index is 0.230. The van der Waals surface area contributed by atoms with E-state index in [2.05, 4.69) is 46.4 Å². The molecule has 2 N–H and O–H groups in total. The van der Waals surface area contributed by atoms with Crippen LogP contribution in [0.25, 0.3) is 0 Å². The van der Waals surface area contributed by atoms with Gasteiger partial charge in [-0.05, 0) is 44.1 Å². The molecule has 0 aromatic heterocycles. The number of hydrogen-bond donors (Lipinski definition) is 1. The summed E-state index contributed by atoms with van der Waals surface area (Å²) in [6, 6.07) is 0.639. The van der Waals surface area contributed by atoms with Crippen molar-refractivity contribution in [1.29, 1.82) is 0 Å². The zero-order chi connectivity index (χ0) is 13.3. The van der Waals surface area contributed by atoms with Crippen LogP contribution in [0, 0.1) is 11.3 Å². The Morgan fingerprint density at radius 1 is 1.35 bits per heavy atom. The van der Waals surface area contributed by atoms with Gasteiger partial charge in [-0.3, -0.25) is 4.90 Å². The van der Waals surface area contributed by atoms with Crippen LogP contribution in [0.3, 0.4) is 0 Å². The van der Waals surface area contributed by atoms with Crippen LogP contribution in [-0.2, 0) is 0 Å². The van der Waals surface area contributed by atoms with Crippen molar-refractivity contribution >= 4 is 0 Å². The Labute approximate surface area is 108 Å². The van der Waals surface area contributed by atoms with E-state index in [9.17, 15) is 0 Å². The van der Waals surface area contributed by atoms with Crippen molar-refractivity contribution in [3.05, 3.63) is 0 Å². The van der Waals surface area contributed by atoms with Gasteiger partial charge in [-0.15, -0.1) is 0 Å². The molecule has 3 unspecified atom stereocenters. The van der Waals surface area contributed by atoms with E-state index in [0.717, 1.165) is 13.1 Å². The molecule has 0 aliphatic heterocycles. The second-order valence-electron chi connectivity index (χ2n) is 6.80. The maximum atomic E-state index is 6.21. The molecule has 0 radical (unpaired) electrons. The Kier molecular flexibility index (Phi) is 4.65. The molecule has 0 amide bonds. The van der Waals surface area contributed by atoms with Crippen molar-refractivity contribution in [3.63, 3.8) is 0 Å². The fraction of sp³-hybridized carbons (Fsp3) is 1.00. The predicted molar refractivity (Wildman–Crippen MR) is 76.1 cm³/mol. The first-order valence-electron chi connectivity index (χ1n) is 7.29. The molecule has 1 rings (SSSR count). The standard InChI is InChI=1S/C15H32N2/c1-7-13(4)17(8-2)15(11-16)10-14(5,6)9-12(15)3/h12-13H,7-11,16H2,1-6H3. The summed E-state index contributed by atoms with van der Waals surface area (Å²) in [6.45, 7) is 16.0. The van der Waals surface area contributed by atoms with Gasteiger partial charge in [0, 0.05) is 18.1 Å². The molecule has 17 heavy (non-hydrogen) atoms. The lowest BCUT2D eigenvalue weighted by Gasteiger charge is -2.47. The summed E-state index contributed by atoms with van der Waals surface area (Å²) >= 11 is 0. The maximum Gasteiger partial charge on any atom is 0.0365 e. The van der Waals surface area contributed by atoms with Crippen molar-refractivity contribution in [2.45, 2.75) is 72.4 Å². The van der Waals surface area contributed by atoms with E-state index in [4.69, 9.17) is 5.73 Å². The highest BCUT2D eigenvalue weighted by Crippen LogP contribution is 2.50. The molecule has 3 atom stereocenters. The zero-order valence-electron chi connectivity index (χ0n) is 12.7. The molecule has 1 aliphatic rings. The molecule has 102 valence electrons. The lowest BCUT2D eigenvalue weighted by Crippen LogP contribution is -2.58. The molecule has 2 nitrogen and oxygen atoms in total.